The van der Waals surface area contributed by atoms with Gasteiger partial charge in [-0.05, 0) is 66.2 Å². The van der Waals surface area contributed by atoms with Crippen molar-refractivity contribution in [1.29, 1.82) is 0 Å². The van der Waals surface area contributed by atoms with Crippen molar-refractivity contribution >= 4 is 12.2 Å². The number of likely N-dealkylation sites (tertiary alicyclic amines) is 3. The van der Waals surface area contributed by atoms with Crippen molar-refractivity contribution in [1.82, 2.24) is 14.7 Å². The SMILES string of the molecule is CC(C)(C)OC(=O)N1CCC2(CC1)CN([C@@H]1CCN(C(=O)OC(C)(C)C)C1)C2. The van der Waals surface area contributed by atoms with E-state index in [1.54, 1.807) is 0 Å². The normalized spacial score (nSPS) is 25.6. The van der Waals surface area contributed by atoms with Crippen molar-refractivity contribution in [3.63, 3.8) is 0 Å². The van der Waals surface area contributed by atoms with E-state index in [1.165, 1.54) is 0 Å². The van der Waals surface area contributed by atoms with Crippen molar-refractivity contribution in [2.45, 2.75) is 78.0 Å². The summed E-state index contributed by atoms with van der Waals surface area (Å²) in [6, 6.07) is 0.432. The predicted octanol–water partition coefficient (Wildman–Crippen LogP) is 3.33. The van der Waals surface area contributed by atoms with Crippen molar-refractivity contribution < 1.29 is 19.1 Å². The number of hydrogen-bond donors (Lipinski definition) is 0. The third-order valence-corrected chi connectivity index (χ3v) is 5.88. The molecule has 0 unspecified atom stereocenters. The second-order valence-corrected chi connectivity index (χ2v) is 10.7. The third kappa shape index (κ3) is 5.10. The van der Waals surface area contributed by atoms with E-state index in [4.69, 9.17) is 9.47 Å². The first-order valence-electron chi connectivity index (χ1n) is 10.6. The Balaban J connectivity index is 1.42. The van der Waals surface area contributed by atoms with Crippen LogP contribution in [0.15, 0.2) is 0 Å². The minimum atomic E-state index is -0.446. The molecule has 2 amide bonds. The van der Waals surface area contributed by atoms with Gasteiger partial charge in [0.25, 0.3) is 0 Å². The first-order valence-corrected chi connectivity index (χ1v) is 10.6. The van der Waals surface area contributed by atoms with E-state index >= 15 is 0 Å². The Morgan fingerprint density at radius 1 is 0.821 bits per heavy atom. The molecule has 160 valence electrons. The van der Waals surface area contributed by atoms with Gasteiger partial charge in [-0.3, -0.25) is 4.90 Å². The maximum Gasteiger partial charge on any atom is 0.410 e. The monoisotopic (exact) mass is 395 g/mol. The van der Waals surface area contributed by atoms with Crippen LogP contribution < -0.4 is 0 Å². The lowest BCUT2D eigenvalue weighted by Gasteiger charge is -2.56. The molecule has 0 radical (unpaired) electrons. The van der Waals surface area contributed by atoms with Gasteiger partial charge in [-0.25, -0.2) is 9.59 Å². The van der Waals surface area contributed by atoms with Gasteiger partial charge in [0.15, 0.2) is 0 Å². The van der Waals surface area contributed by atoms with Gasteiger partial charge in [0, 0.05) is 45.3 Å². The highest BCUT2D eigenvalue weighted by Gasteiger charge is 2.49. The van der Waals surface area contributed by atoms with Crippen LogP contribution in [0.4, 0.5) is 9.59 Å². The summed E-state index contributed by atoms with van der Waals surface area (Å²) in [5.41, 5.74) is -0.558. The molecule has 0 bridgehead atoms. The van der Waals surface area contributed by atoms with Crippen LogP contribution in [0.25, 0.3) is 0 Å². The summed E-state index contributed by atoms with van der Waals surface area (Å²) in [5, 5.41) is 0. The number of amides is 2. The fourth-order valence-electron chi connectivity index (χ4n) is 4.41. The molecule has 3 fully saturated rings. The Kier molecular flexibility index (Phi) is 5.60. The highest BCUT2D eigenvalue weighted by atomic mass is 16.6. The molecule has 28 heavy (non-hydrogen) atoms. The van der Waals surface area contributed by atoms with E-state index in [0.29, 0.717) is 11.5 Å². The van der Waals surface area contributed by atoms with Crippen LogP contribution in [0.3, 0.4) is 0 Å². The van der Waals surface area contributed by atoms with E-state index in [1.807, 2.05) is 51.3 Å². The molecule has 0 N–H and O–H groups in total. The summed E-state index contributed by atoms with van der Waals surface area (Å²) in [4.78, 5) is 30.7. The molecule has 0 aromatic rings. The summed E-state index contributed by atoms with van der Waals surface area (Å²) in [7, 11) is 0. The Hall–Kier alpha value is -1.50. The average molecular weight is 396 g/mol. The topological polar surface area (TPSA) is 62.3 Å². The molecule has 0 aliphatic carbocycles. The lowest BCUT2D eigenvalue weighted by Crippen LogP contribution is -2.63. The Morgan fingerprint density at radius 3 is 1.82 bits per heavy atom. The molecule has 7 nitrogen and oxygen atoms in total. The van der Waals surface area contributed by atoms with Gasteiger partial charge in [-0.2, -0.15) is 0 Å². The summed E-state index contributed by atoms with van der Waals surface area (Å²) in [6.45, 7) is 16.7. The average Bonchev–Trinajstić information content (AvgIpc) is 2.99. The summed E-state index contributed by atoms with van der Waals surface area (Å²) in [6.07, 6.45) is 2.69. The van der Waals surface area contributed by atoms with Crippen LogP contribution in [0.5, 0.6) is 0 Å². The second kappa shape index (κ2) is 7.39. The number of ether oxygens (including phenoxy) is 2. The van der Waals surface area contributed by atoms with Gasteiger partial charge in [0.1, 0.15) is 11.2 Å². The van der Waals surface area contributed by atoms with Gasteiger partial charge in [-0.15, -0.1) is 0 Å². The maximum atomic E-state index is 12.3. The molecule has 3 heterocycles. The number of nitrogens with zero attached hydrogens (tertiary/aromatic N) is 3. The van der Waals surface area contributed by atoms with Gasteiger partial charge in [0.2, 0.25) is 0 Å². The zero-order valence-electron chi connectivity index (χ0n) is 18.4. The van der Waals surface area contributed by atoms with E-state index in [0.717, 1.165) is 58.5 Å². The lowest BCUT2D eigenvalue weighted by atomic mass is 9.71. The molecule has 7 heteroatoms. The van der Waals surface area contributed by atoms with Crippen LogP contribution >= 0.6 is 0 Å². The summed E-state index contributed by atoms with van der Waals surface area (Å²) < 4.78 is 11.0. The lowest BCUT2D eigenvalue weighted by molar-refractivity contribution is -0.0690. The Morgan fingerprint density at radius 2 is 1.32 bits per heavy atom. The quantitative estimate of drug-likeness (QED) is 0.681. The van der Waals surface area contributed by atoms with Crippen LogP contribution in [0.1, 0.15) is 60.8 Å². The molecule has 3 saturated heterocycles. The van der Waals surface area contributed by atoms with Crippen molar-refractivity contribution in [2.24, 2.45) is 5.41 Å². The van der Waals surface area contributed by atoms with Crippen molar-refractivity contribution in [3.8, 4) is 0 Å². The summed E-state index contributed by atoms with van der Waals surface area (Å²) >= 11 is 0. The Labute approximate surface area is 169 Å². The number of piperidine rings is 1. The van der Waals surface area contributed by atoms with Crippen molar-refractivity contribution in [3.05, 3.63) is 0 Å². The largest absolute Gasteiger partial charge is 0.444 e. The number of carbonyl (C=O) groups is 2. The fraction of sp³-hybridized carbons (Fsp3) is 0.905. The number of rotatable bonds is 1. The van der Waals surface area contributed by atoms with Gasteiger partial charge in [-0.1, -0.05) is 0 Å². The molecule has 3 aliphatic rings. The smallest absolute Gasteiger partial charge is 0.410 e. The molecular weight excluding hydrogens is 358 g/mol. The van der Waals surface area contributed by atoms with Crippen LogP contribution in [0, 0.1) is 5.41 Å². The van der Waals surface area contributed by atoms with Crippen LogP contribution in [-0.4, -0.2) is 83.4 Å². The van der Waals surface area contributed by atoms with Crippen LogP contribution in [-0.2, 0) is 9.47 Å². The minimum Gasteiger partial charge on any atom is -0.444 e. The zero-order valence-corrected chi connectivity index (χ0v) is 18.4. The molecule has 0 saturated carbocycles. The van der Waals surface area contributed by atoms with E-state index in [-0.39, 0.29) is 12.2 Å². The highest BCUT2D eigenvalue weighted by molar-refractivity contribution is 5.69. The molecule has 1 atom stereocenters. The first-order chi connectivity index (χ1) is 12.9. The zero-order chi connectivity index (χ0) is 20.7. The second-order valence-electron chi connectivity index (χ2n) is 10.7. The van der Waals surface area contributed by atoms with E-state index in [9.17, 15) is 9.59 Å². The maximum absolute atomic E-state index is 12.3. The van der Waals surface area contributed by atoms with E-state index in [2.05, 4.69) is 4.90 Å². The van der Waals surface area contributed by atoms with Gasteiger partial charge < -0.3 is 19.3 Å². The standard InChI is InChI=1S/C21H37N3O4/c1-19(2,3)27-17(25)22-11-8-21(9-12-22)14-24(15-21)16-7-10-23(13-16)18(26)28-20(4,5)6/h16H,7-15H2,1-6H3/t16-/m1/s1. The third-order valence-electron chi connectivity index (χ3n) is 5.88. The van der Waals surface area contributed by atoms with Gasteiger partial charge >= 0.3 is 12.2 Å². The fourth-order valence-corrected chi connectivity index (χ4v) is 4.41. The van der Waals surface area contributed by atoms with Gasteiger partial charge in [0.05, 0.1) is 0 Å². The molecule has 0 aromatic heterocycles. The molecular formula is C21H37N3O4. The van der Waals surface area contributed by atoms with E-state index < -0.39 is 11.2 Å². The molecule has 1 spiro atoms. The molecule has 3 rings (SSSR count). The number of hydrogen-bond acceptors (Lipinski definition) is 5. The minimum absolute atomic E-state index is 0.192. The first kappa shape index (κ1) is 21.2. The molecule has 0 aromatic carbocycles. The number of carbonyl (C=O) groups excluding carboxylic acids is 2. The highest BCUT2D eigenvalue weighted by Crippen LogP contribution is 2.42. The van der Waals surface area contributed by atoms with Crippen LogP contribution in [0.2, 0.25) is 0 Å². The van der Waals surface area contributed by atoms with Crippen molar-refractivity contribution in [2.75, 3.05) is 39.3 Å². The summed E-state index contributed by atoms with van der Waals surface area (Å²) in [5.74, 6) is 0. The predicted molar refractivity (Wildman–Crippen MR) is 107 cm³/mol. The Bertz CT molecular complexity index is 592. The molecule has 3 aliphatic heterocycles.